The van der Waals surface area contributed by atoms with Crippen molar-refractivity contribution in [3.63, 3.8) is 0 Å². The van der Waals surface area contributed by atoms with Crippen molar-refractivity contribution in [3.05, 3.63) is 12.0 Å². The zero-order chi connectivity index (χ0) is 14.3. The van der Waals surface area contributed by atoms with Crippen LogP contribution in [0, 0.1) is 11.8 Å². The molecule has 0 saturated heterocycles. The largest absolute Gasteiger partial charge is 0.481 e. The summed E-state index contributed by atoms with van der Waals surface area (Å²) in [5, 5.41) is 26.0. The van der Waals surface area contributed by atoms with Gasteiger partial charge in [0.2, 0.25) is 0 Å². The third-order valence-electron chi connectivity index (χ3n) is 2.55. The standard InChI is InChI=1S/C11H19NO6/c1-7(10(13)14)4-12(9(3)6-18-17)5-8(2)11(15)16/h6-8,17H,4-5H2,1-3H3,(H,13,14)(H,15,16)/b9-6+. The number of rotatable bonds is 8. The first-order chi connectivity index (χ1) is 8.29. The zero-order valence-corrected chi connectivity index (χ0v) is 10.7. The van der Waals surface area contributed by atoms with Crippen molar-refractivity contribution in [1.29, 1.82) is 0 Å². The molecule has 0 rings (SSSR count). The second-order valence-corrected chi connectivity index (χ2v) is 4.25. The maximum atomic E-state index is 10.8. The molecule has 2 atom stereocenters. The van der Waals surface area contributed by atoms with Crippen LogP contribution in [0.25, 0.3) is 0 Å². The van der Waals surface area contributed by atoms with Gasteiger partial charge in [-0.15, -0.1) is 0 Å². The summed E-state index contributed by atoms with van der Waals surface area (Å²) in [5.74, 6) is -3.26. The highest BCUT2D eigenvalue weighted by Gasteiger charge is 2.21. The Balaban J connectivity index is 4.78. The molecule has 0 spiro atoms. The van der Waals surface area contributed by atoms with Gasteiger partial charge in [0, 0.05) is 18.8 Å². The SMILES string of the molecule is C/C(=C\OO)N(CC(C)C(=O)O)CC(C)C(=O)O. The Morgan fingerprint density at radius 2 is 1.56 bits per heavy atom. The van der Waals surface area contributed by atoms with Crippen molar-refractivity contribution in [1.82, 2.24) is 4.90 Å². The van der Waals surface area contributed by atoms with E-state index in [2.05, 4.69) is 4.89 Å². The van der Waals surface area contributed by atoms with Crippen LogP contribution in [0.1, 0.15) is 20.8 Å². The van der Waals surface area contributed by atoms with E-state index in [4.69, 9.17) is 15.5 Å². The third kappa shape index (κ3) is 5.53. The van der Waals surface area contributed by atoms with Gasteiger partial charge in [-0.1, -0.05) is 13.8 Å². The van der Waals surface area contributed by atoms with E-state index < -0.39 is 23.8 Å². The Bertz CT molecular complexity index is 305. The monoisotopic (exact) mass is 261 g/mol. The van der Waals surface area contributed by atoms with E-state index in [0.29, 0.717) is 5.70 Å². The Labute approximate surface area is 105 Å². The van der Waals surface area contributed by atoms with Gasteiger partial charge in [0.1, 0.15) is 6.26 Å². The fourth-order valence-electron chi connectivity index (χ4n) is 1.33. The molecule has 7 nitrogen and oxygen atoms in total. The number of aliphatic carboxylic acids is 2. The summed E-state index contributed by atoms with van der Waals surface area (Å²) in [5.41, 5.74) is 0.457. The Kier molecular flexibility index (Phi) is 6.81. The number of carbonyl (C=O) groups is 2. The van der Waals surface area contributed by atoms with Crippen LogP contribution in [0.3, 0.4) is 0 Å². The predicted molar refractivity (Wildman–Crippen MR) is 62.6 cm³/mol. The van der Waals surface area contributed by atoms with Crippen LogP contribution in [0.5, 0.6) is 0 Å². The van der Waals surface area contributed by atoms with Crippen molar-refractivity contribution >= 4 is 11.9 Å². The molecule has 2 unspecified atom stereocenters. The molecule has 0 amide bonds. The zero-order valence-electron chi connectivity index (χ0n) is 10.7. The molecule has 7 heteroatoms. The molecule has 18 heavy (non-hydrogen) atoms. The fourth-order valence-corrected chi connectivity index (χ4v) is 1.33. The minimum absolute atomic E-state index is 0.138. The van der Waals surface area contributed by atoms with Gasteiger partial charge in [0.25, 0.3) is 0 Å². The molecule has 0 aliphatic rings. The van der Waals surface area contributed by atoms with Crippen molar-refractivity contribution in [2.24, 2.45) is 11.8 Å². The molecule has 0 aromatic heterocycles. The minimum atomic E-state index is -0.972. The second-order valence-electron chi connectivity index (χ2n) is 4.25. The topological polar surface area (TPSA) is 107 Å². The van der Waals surface area contributed by atoms with Gasteiger partial charge < -0.3 is 20.0 Å². The number of carboxylic acid groups (broad SMARTS) is 2. The number of carboxylic acids is 2. The fraction of sp³-hybridized carbons (Fsp3) is 0.636. The highest BCUT2D eigenvalue weighted by atomic mass is 17.1. The van der Waals surface area contributed by atoms with Gasteiger partial charge in [-0.3, -0.25) is 9.59 Å². The summed E-state index contributed by atoms with van der Waals surface area (Å²) in [6.07, 6.45) is 1.03. The average molecular weight is 261 g/mol. The molecule has 0 aliphatic heterocycles. The molecular weight excluding hydrogens is 242 g/mol. The van der Waals surface area contributed by atoms with E-state index in [1.165, 1.54) is 13.8 Å². The molecule has 3 N–H and O–H groups in total. The van der Waals surface area contributed by atoms with E-state index >= 15 is 0 Å². The quantitative estimate of drug-likeness (QED) is 0.341. The van der Waals surface area contributed by atoms with E-state index in [0.717, 1.165) is 6.26 Å². The number of hydrogen-bond acceptors (Lipinski definition) is 5. The van der Waals surface area contributed by atoms with Crippen LogP contribution in [0.15, 0.2) is 12.0 Å². The van der Waals surface area contributed by atoms with E-state index in [1.807, 2.05) is 0 Å². The van der Waals surface area contributed by atoms with Crippen LogP contribution >= 0.6 is 0 Å². The number of allylic oxidation sites excluding steroid dienone is 1. The molecule has 0 aromatic rings. The van der Waals surface area contributed by atoms with Gasteiger partial charge in [-0.25, -0.2) is 5.26 Å². The van der Waals surface area contributed by atoms with Gasteiger partial charge in [-0.05, 0) is 6.92 Å². The molecule has 0 fully saturated rings. The van der Waals surface area contributed by atoms with Crippen molar-refractivity contribution < 1.29 is 29.9 Å². The lowest BCUT2D eigenvalue weighted by molar-refractivity contribution is -0.188. The molecule has 0 aliphatic carbocycles. The highest BCUT2D eigenvalue weighted by molar-refractivity contribution is 5.70. The average Bonchev–Trinajstić information content (AvgIpc) is 2.27. The van der Waals surface area contributed by atoms with E-state index in [1.54, 1.807) is 11.8 Å². The summed E-state index contributed by atoms with van der Waals surface area (Å²) >= 11 is 0. The van der Waals surface area contributed by atoms with Crippen molar-refractivity contribution in [2.45, 2.75) is 20.8 Å². The summed E-state index contributed by atoms with van der Waals surface area (Å²) in [6.45, 7) is 4.92. The predicted octanol–water partition coefficient (Wildman–Crippen LogP) is 1.08. The third-order valence-corrected chi connectivity index (χ3v) is 2.55. The van der Waals surface area contributed by atoms with Gasteiger partial charge in [-0.2, -0.15) is 0 Å². The lowest BCUT2D eigenvalue weighted by atomic mass is 10.1. The van der Waals surface area contributed by atoms with Crippen LogP contribution in [0.2, 0.25) is 0 Å². The lowest BCUT2D eigenvalue weighted by Crippen LogP contribution is -2.35. The van der Waals surface area contributed by atoms with Crippen molar-refractivity contribution in [3.8, 4) is 0 Å². The molecule has 104 valence electrons. The molecule has 0 aromatic carbocycles. The lowest BCUT2D eigenvalue weighted by Gasteiger charge is -2.28. The van der Waals surface area contributed by atoms with Crippen LogP contribution in [-0.2, 0) is 14.5 Å². The summed E-state index contributed by atoms with van der Waals surface area (Å²) in [7, 11) is 0. The molecule has 0 heterocycles. The number of hydrogen-bond donors (Lipinski definition) is 3. The minimum Gasteiger partial charge on any atom is -0.481 e. The molecular formula is C11H19NO6. The summed E-state index contributed by atoms with van der Waals surface area (Å²) in [6, 6.07) is 0. The summed E-state index contributed by atoms with van der Waals surface area (Å²) in [4.78, 5) is 27.0. The Morgan fingerprint density at radius 3 is 1.83 bits per heavy atom. The van der Waals surface area contributed by atoms with Crippen LogP contribution < -0.4 is 0 Å². The first-order valence-corrected chi connectivity index (χ1v) is 5.47. The first kappa shape index (κ1) is 16.2. The first-order valence-electron chi connectivity index (χ1n) is 5.47. The van der Waals surface area contributed by atoms with E-state index in [-0.39, 0.29) is 13.1 Å². The maximum Gasteiger partial charge on any atom is 0.308 e. The Morgan fingerprint density at radius 1 is 1.17 bits per heavy atom. The number of nitrogens with zero attached hydrogens (tertiary/aromatic N) is 1. The highest BCUT2D eigenvalue weighted by Crippen LogP contribution is 2.12. The molecule has 0 bridgehead atoms. The molecule has 0 radical (unpaired) electrons. The normalized spacial score (nSPS) is 14.8. The van der Waals surface area contributed by atoms with Gasteiger partial charge in [0.15, 0.2) is 0 Å². The van der Waals surface area contributed by atoms with E-state index in [9.17, 15) is 9.59 Å². The van der Waals surface area contributed by atoms with Gasteiger partial charge >= 0.3 is 11.9 Å². The maximum absolute atomic E-state index is 10.8. The Hall–Kier alpha value is -1.76. The molecule has 0 saturated carbocycles. The smallest absolute Gasteiger partial charge is 0.308 e. The van der Waals surface area contributed by atoms with Crippen LogP contribution in [-0.4, -0.2) is 45.4 Å². The summed E-state index contributed by atoms with van der Waals surface area (Å²) < 4.78 is 0. The van der Waals surface area contributed by atoms with Crippen molar-refractivity contribution in [2.75, 3.05) is 13.1 Å². The van der Waals surface area contributed by atoms with Crippen LogP contribution in [0.4, 0.5) is 0 Å². The second kappa shape index (κ2) is 7.54. The van der Waals surface area contributed by atoms with Gasteiger partial charge in [0.05, 0.1) is 11.8 Å².